The third-order valence-electron chi connectivity index (χ3n) is 2.72. The molecule has 0 atom stereocenters. The summed E-state index contributed by atoms with van der Waals surface area (Å²) < 4.78 is 124. The average Bonchev–Trinajstić information content (AvgIpc) is 2.37. The number of allylic oxidation sites excluding steroid dienone is 1. The van der Waals surface area contributed by atoms with Gasteiger partial charge in [0, 0.05) is 13.1 Å². The first-order valence-corrected chi connectivity index (χ1v) is 5.65. The topological polar surface area (TPSA) is 21.7 Å². The largest absolute Gasteiger partial charge is 0.472 e. The highest BCUT2D eigenvalue weighted by Gasteiger charge is 2.76. The van der Waals surface area contributed by atoms with E-state index in [9.17, 15) is 39.5 Å². The highest BCUT2D eigenvalue weighted by molar-refractivity contribution is 4.99. The molecular formula is C10H10F9NO2. The van der Waals surface area contributed by atoms with Crippen molar-refractivity contribution in [3.63, 3.8) is 0 Å². The molecule has 0 amide bonds. The maximum Gasteiger partial charge on any atom is 0.472 e. The van der Waals surface area contributed by atoms with Gasteiger partial charge in [0.2, 0.25) is 0 Å². The summed E-state index contributed by atoms with van der Waals surface area (Å²) in [4.78, 5) is -0.315. The molecule has 0 N–H and O–H groups in total. The van der Waals surface area contributed by atoms with Crippen molar-refractivity contribution in [1.82, 2.24) is 4.90 Å². The summed E-state index contributed by atoms with van der Waals surface area (Å²) in [5.74, 6) is -8.94. The maximum absolute atomic E-state index is 13.6. The molecule has 130 valence electrons. The van der Waals surface area contributed by atoms with Crippen molar-refractivity contribution in [2.75, 3.05) is 26.3 Å². The van der Waals surface area contributed by atoms with Crippen LogP contribution >= 0.6 is 0 Å². The van der Waals surface area contributed by atoms with Crippen molar-refractivity contribution in [1.29, 1.82) is 0 Å². The van der Waals surface area contributed by atoms with E-state index < -0.39 is 56.3 Å². The molecule has 22 heavy (non-hydrogen) atoms. The van der Waals surface area contributed by atoms with Gasteiger partial charge in [-0.05, 0) is 0 Å². The molecule has 1 heterocycles. The monoisotopic (exact) mass is 347 g/mol. The zero-order valence-electron chi connectivity index (χ0n) is 10.7. The van der Waals surface area contributed by atoms with Crippen molar-refractivity contribution in [2.24, 2.45) is 0 Å². The molecule has 1 aliphatic heterocycles. The lowest BCUT2D eigenvalue weighted by Gasteiger charge is -2.40. The molecular weight excluding hydrogens is 337 g/mol. The smallest absolute Gasteiger partial charge is 0.423 e. The molecule has 1 rings (SSSR count). The van der Waals surface area contributed by atoms with E-state index in [-0.39, 0.29) is 4.90 Å². The predicted octanol–water partition coefficient (Wildman–Crippen LogP) is 3.23. The predicted molar refractivity (Wildman–Crippen MR) is 53.5 cm³/mol. The number of halogens is 9. The van der Waals surface area contributed by atoms with Gasteiger partial charge in [0.15, 0.2) is 5.76 Å². The lowest BCUT2D eigenvalue weighted by Crippen LogP contribution is -2.64. The van der Waals surface area contributed by atoms with E-state index in [4.69, 9.17) is 0 Å². The molecule has 0 saturated carbocycles. The van der Waals surface area contributed by atoms with Crippen molar-refractivity contribution in [3.05, 3.63) is 12.3 Å². The number of hydrogen-bond donors (Lipinski definition) is 0. The number of ether oxygens (including phenoxy) is 2. The molecule has 1 aliphatic rings. The molecule has 1 fully saturated rings. The van der Waals surface area contributed by atoms with Crippen LogP contribution < -0.4 is 0 Å². The Kier molecular flexibility index (Phi) is 4.97. The lowest BCUT2D eigenvalue weighted by atomic mass is 10.2. The number of nitrogens with zero attached hydrogens (tertiary/aromatic N) is 1. The van der Waals surface area contributed by atoms with Crippen LogP contribution in [0.4, 0.5) is 39.5 Å². The standard InChI is InChI=1S/C10H10F9NO2/c1-6(7(11,12)13)22-10(18,19)8(14,15)9(16,17)20-2-4-21-5-3-20/h1-5H2. The second-order valence-corrected chi connectivity index (χ2v) is 4.25. The second-order valence-electron chi connectivity index (χ2n) is 4.25. The molecule has 0 bridgehead atoms. The minimum Gasteiger partial charge on any atom is -0.423 e. The van der Waals surface area contributed by atoms with Gasteiger partial charge in [0.05, 0.1) is 13.2 Å². The molecule has 3 nitrogen and oxygen atoms in total. The zero-order valence-corrected chi connectivity index (χ0v) is 10.7. The maximum atomic E-state index is 13.6. The highest BCUT2D eigenvalue weighted by atomic mass is 19.4. The molecule has 0 aromatic heterocycles. The molecule has 0 aromatic rings. The van der Waals surface area contributed by atoms with E-state index in [1.54, 1.807) is 0 Å². The minimum absolute atomic E-state index is 0.315. The Morgan fingerprint density at radius 1 is 0.909 bits per heavy atom. The van der Waals surface area contributed by atoms with Gasteiger partial charge in [-0.15, -0.1) is 0 Å². The summed E-state index contributed by atoms with van der Waals surface area (Å²) in [6.07, 6.45) is -11.7. The third kappa shape index (κ3) is 3.42. The Labute approximate surface area is 118 Å². The number of morpholine rings is 1. The van der Waals surface area contributed by atoms with Gasteiger partial charge in [-0.25, -0.2) is 4.90 Å². The molecule has 0 aliphatic carbocycles. The number of hydrogen-bond acceptors (Lipinski definition) is 3. The van der Waals surface area contributed by atoms with Crippen LogP contribution in [0.5, 0.6) is 0 Å². The van der Waals surface area contributed by atoms with Gasteiger partial charge in [0.1, 0.15) is 0 Å². The van der Waals surface area contributed by atoms with Gasteiger partial charge in [-0.3, -0.25) is 0 Å². The lowest BCUT2D eigenvalue weighted by molar-refractivity contribution is -0.422. The fourth-order valence-electron chi connectivity index (χ4n) is 1.49. The fraction of sp³-hybridized carbons (Fsp3) is 0.800. The van der Waals surface area contributed by atoms with Crippen molar-refractivity contribution >= 4 is 0 Å². The Morgan fingerprint density at radius 2 is 1.36 bits per heavy atom. The second kappa shape index (κ2) is 5.80. The first kappa shape index (κ1) is 18.9. The van der Waals surface area contributed by atoms with Crippen LogP contribution in [0.3, 0.4) is 0 Å². The molecule has 12 heteroatoms. The SMILES string of the molecule is C=C(OC(F)(F)C(F)(F)C(F)(F)N1CCOCC1)C(F)(F)F. The van der Waals surface area contributed by atoms with E-state index >= 15 is 0 Å². The molecule has 0 radical (unpaired) electrons. The minimum atomic E-state index is -6.23. The van der Waals surface area contributed by atoms with Gasteiger partial charge in [-0.1, -0.05) is 6.58 Å². The van der Waals surface area contributed by atoms with Crippen LogP contribution in [0.2, 0.25) is 0 Å². The third-order valence-corrected chi connectivity index (χ3v) is 2.72. The first-order chi connectivity index (χ1) is 9.73. The Hall–Kier alpha value is -1.17. The van der Waals surface area contributed by atoms with Crippen molar-refractivity contribution in [3.8, 4) is 0 Å². The summed E-state index contributed by atoms with van der Waals surface area (Å²) in [7, 11) is 0. The summed E-state index contributed by atoms with van der Waals surface area (Å²) in [6.45, 7) is -0.480. The van der Waals surface area contributed by atoms with E-state index in [1.807, 2.05) is 6.58 Å². The van der Waals surface area contributed by atoms with E-state index in [0.29, 0.717) is 0 Å². The molecule has 0 spiro atoms. The quantitative estimate of drug-likeness (QED) is 0.433. The summed E-state index contributed by atoms with van der Waals surface area (Å²) in [5.41, 5.74) is 0. The average molecular weight is 347 g/mol. The van der Waals surface area contributed by atoms with Crippen LogP contribution in [-0.2, 0) is 9.47 Å². The van der Waals surface area contributed by atoms with Crippen LogP contribution in [0.1, 0.15) is 0 Å². The van der Waals surface area contributed by atoms with Crippen LogP contribution in [0.15, 0.2) is 12.3 Å². The van der Waals surface area contributed by atoms with E-state index in [0.717, 1.165) is 0 Å². The van der Waals surface area contributed by atoms with Crippen LogP contribution in [0, 0.1) is 0 Å². The first-order valence-electron chi connectivity index (χ1n) is 5.65. The van der Waals surface area contributed by atoms with Crippen LogP contribution in [0.25, 0.3) is 0 Å². The van der Waals surface area contributed by atoms with Gasteiger partial charge < -0.3 is 9.47 Å². The van der Waals surface area contributed by atoms with Crippen LogP contribution in [-0.4, -0.2) is 55.5 Å². The molecule has 0 unspecified atom stereocenters. The Morgan fingerprint density at radius 3 is 1.77 bits per heavy atom. The summed E-state index contributed by atoms with van der Waals surface area (Å²) >= 11 is 0. The van der Waals surface area contributed by atoms with E-state index in [2.05, 4.69) is 9.47 Å². The van der Waals surface area contributed by atoms with Crippen molar-refractivity contribution in [2.45, 2.75) is 24.3 Å². The normalized spacial score (nSPS) is 19.1. The fourth-order valence-corrected chi connectivity index (χ4v) is 1.49. The van der Waals surface area contributed by atoms with Gasteiger partial charge in [0.25, 0.3) is 0 Å². The Bertz CT molecular complexity index is 415. The van der Waals surface area contributed by atoms with Crippen molar-refractivity contribution < 1.29 is 49.0 Å². The van der Waals surface area contributed by atoms with Gasteiger partial charge in [-0.2, -0.15) is 39.5 Å². The molecule has 1 saturated heterocycles. The summed E-state index contributed by atoms with van der Waals surface area (Å²) in [6, 6.07) is -5.45. The highest BCUT2D eigenvalue weighted by Crippen LogP contribution is 2.49. The zero-order chi connectivity index (χ0) is 17.4. The summed E-state index contributed by atoms with van der Waals surface area (Å²) in [5, 5.41) is 0. The number of rotatable bonds is 5. The van der Waals surface area contributed by atoms with E-state index in [1.165, 1.54) is 0 Å². The molecule has 0 aromatic carbocycles. The Balaban J connectivity index is 3.00. The van der Waals surface area contributed by atoms with Gasteiger partial charge >= 0.3 is 24.3 Å². The number of alkyl halides is 9.